The lowest BCUT2D eigenvalue weighted by Crippen LogP contribution is -2.30. The van der Waals surface area contributed by atoms with Crippen LogP contribution in [-0.4, -0.2) is 22.1 Å². The lowest BCUT2D eigenvalue weighted by Gasteiger charge is -2.19. The van der Waals surface area contributed by atoms with Gasteiger partial charge in [-0.05, 0) is 18.2 Å². The molecule has 3 aromatic rings. The molecule has 1 unspecified atom stereocenters. The molecule has 0 spiro atoms. The molecule has 1 atom stereocenters. The number of aryl methyl sites for hydroxylation is 1. The number of benzene rings is 2. The molecule has 0 aliphatic carbocycles. The normalized spacial score (nSPS) is 12.3. The van der Waals surface area contributed by atoms with Crippen LogP contribution in [0.15, 0.2) is 67.0 Å². The zero-order valence-corrected chi connectivity index (χ0v) is 15.4. The first-order valence-electron chi connectivity index (χ1n) is 8.69. The number of amides is 1. The van der Waals surface area contributed by atoms with Crippen molar-refractivity contribution < 1.29 is 22.7 Å². The summed E-state index contributed by atoms with van der Waals surface area (Å²) in [5, 5.41) is 2.71. The summed E-state index contributed by atoms with van der Waals surface area (Å²) in [5.41, 5.74) is 0.562. The molecule has 0 aliphatic rings. The van der Waals surface area contributed by atoms with Crippen LogP contribution < -0.4 is 10.1 Å². The zero-order chi connectivity index (χ0) is 20.8. The van der Waals surface area contributed by atoms with Crippen molar-refractivity contribution in [1.82, 2.24) is 14.9 Å². The Balaban J connectivity index is 1.84. The quantitative estimate of drug-likeness (QED) is 0.607. The average molecular weight is 401 g/mol. The van der Waals surface area contributed by atoms with Gasteiger partial charge in [-0.1, -0.05) is 36.4 Å². The van der Waals surface area contributed by atoms with E-state index in [1.807, 2.05) is 0 Å². The van der Waals surface area contributed by atoms with Gasteiger partial charge in [0, 0.05) is 36.6 Å². The third kappa shape index (κ3) is 5.04. The summed E-state index contributed by atoms with van der Waals surface area (Å²) >= 11 is 0. The van der Waals surface area contributed by atoms with Crippen LogP contribution >= 0.6 is 0 Å². The molecule has 0 saturated heterocycles. The van der Waals surface area contributed by atoms with Gasteiger partial charge in [-0.15, -0.1) is 0 Å². The van der Waals surface area contributed by atoms with Crippen molar-refractivity contribution in [3.05, 3.63) is 89.8 Å². The summed E-state index contributed by atoms with van der Waals surface area (Å²) in [4.78, 5) is 16.7. The van der Waals surface area contributed by atoms with Gasteiger partial charge in [-0.2, -0.15) is 8.78 Å². The Hall–Kier alpha value is -3.55. The summed E-state index contributed by atoms with van der Waals surface area (Å²) < 4.78 is 45.5. The molecule has 1 amide bonds. The van der Waals surface area contributed by atoms with Crippen molar-refractivity contribution >= 4 is 12.0 Å². The molecule has 0 aliphatic heterocycles. The second-order valence-electron chi connectivity index (χ2n) is 6.11. The maximum absolute atomic E-state index is 14.3. The standard InChI is InChI=1S/C21H18F3N3O2/c1-27-13-12-25-20(27)19(15-7-3-4-8-16(15)22)26-18(28)11-10-14-6-2-5-9-17(14)29-21(23)24/h2-13,19,21H,1H3,(H,26,28)/b11-10+. The number of rotatable bonds is 7. The molecule has 0 fully saturated rings. The van der Waals surface area contributed by atoms with Crippen LogP contribution in [0.4, 0.5) is 13.2 Å². The minimum Gasteiger partial charge on any atom is -0.434 e. The maximum atomic E-state index is 14.3. The van der Waals surface area contributed by atoms with Gasteiger partial charge in [0.15, 0.2) is 0 Å². The molecule has 8 heteroatoms. The number of nitrogens with zero attached hydrogens (tertiary/aromatic N) is 2. The molecular weight excluding hydrogens is 383 g/mol. The van der Waals surface area contributed by atoms with E-state index in [0.717, 1.165) is 0 Å². The van der Waals surface area contributed by atoms with E-state index in [1.165, 1.54) is 30.4 Å². The van der Waals surface area contributed by atoms with Gasteiger partial charge in [0.2, 0.25) is 5.91 Å². The fraction of sp³-hybridized carbons (Fsp3) is 0.143. The topological polar surface area (TPSA) is 56.2 Å². The predicted molar refractivity (Wildman–Crippen MR) is 102 cm³/mol. The summed E-state index contributed by atoms with van der Waals surface area (Å²) in [7, 11) is 1.73. The van der Waals surface area contributed by atoms with Crippen molar-refractivity contribution in [2.75, 3.05) is 0 Å². The number of halogens is 3. The van der Waals surface area contributed by atoms with Crippen LogP contribution in [0.5, 0.6) is 5.75 Å². The summed E-state index contributed by atoms with van der Waals surface area (Å²) in [6.45, 7) is -2.98. The van der Waals surface area contributed by atoms with Gasteiger partial charge >= 0.3 is 6.61 Å². The number of hydrogen-bond acceptors (Lipinski definition) is 3. The van der Waals surface area contributed by atoms with E-state index in [-0.39, 0.29) is 11.3 Å². The lowest BCUT2D eigenvalue weighted by molar-refractivity contribution is -0.117. The van der Waals surface area contributed by atoms with Gasteiger partial charge in [-0.3, -0.25) is 4.79 Å². The van der Waals surface area contributed by atoms with Crippen molar-refractivity contribution in [2.24, 2.45) is 7.05 Å². The Morgan fingerprint density at radius 3 is 2.59 bits per heavy atom. The number of alkyl halides is 2. The first-order chi connectivity index (χ1) is 14.0. The van der Waals surface area contributed by atoms with Crippen LogP contribution in [0.3, 0.4) is 0 Å². The molecule has 3 rings (SSSR count). The monoisotopic (exact) mass is 401 g/mol. The first kappa shape index (κ1) is 20.2. The number of imidazole rings is 1. The predicted octanol–water partition coefficient (Wildman–Crippen LogP) is 4.08. The highest BCUT2D eigenvalue weighted by Crippen LogP contribution is 2.24. The average Bonchev–Trinajstić information content (AvgIpc) is 3.11. The number of nitrogens with one attached hydrogen (secondary N) is 1. The third-order valence-electron chi connectivity index (χ3n) is 4.17. The molecule has 150 valence electrons. The second kappa shape index (κ2) is 9.09. The van der Waals surface area contributed by atoms with E-state index in [4.69, 9.17) is 0 Å². The minimum atomic E-state index is -2.98. The molecular formula is C21H18F3N3O2. The highest BCUT2D eigenvalue weighted by atomic mass is 19.3. The molecule has 1 heterocycles. The van der Waals surface area contributed by atoms with Crippen molar-refractivity contribution in [3.63, 3.8) is 0 Å². The Kier molecular flexibility index (Phi) is 6.33. The van der Waals surface area contributed by atoms with Crippen molar-refractivity contribution in [2.45, 2.75) is 12.7 Å². The SMILES string of the molecule is Cn1ccnc1C(NC(=O)/C=C/c1ccccc1OC(F)F)c1ccccc1F. The molecule has 5 nitrogen and oxygen atoms in total. The Labute approximate surface area is 165 Å². The number of ether oxygens (including phenoxy) is 1. The molecule has 1 N–H and O–H groups in total. The summed E-state index contributed by atoms with van der Waals surface area (Å²) in [6.07, 6.45) is 5.75. The van der Waals surface area contributed by atoms with Gasteiger partial charge in [0.25, 0.3) is 0 Å². The number of carbonyl (C=O) groups is 1. The number of carbonyl (C=O) groups excluding carboxylic acids is 1. The van der Waals surface area contributed by atoms with Gasteiger partial charge < -0.3 is 14.6 Å². The molecule has 29 heavy (non-hydrogen) atoms. The number of hydrogen-bond donors (Lipinski definition) is 1. The van der Waals surface area contributed by atoms with E-state index in [2.05, 4.69) is 15.0 Å². The second-order valence-corrected chi connectivity index (χ2v) is 6.11. The highest BCUT2D eigenvalue weighted by molar-refractivity contribution is 5.92. The van der Waals surface area contributed by atoms with Crippen LogP contribution in [0, 0.1) is 5.82 Å². The largest absolute Gasteiger partial charge is 0.434 e. The van der Waals surface area contributed by atoms with Gasteiger partial charge in [0.1, 0.15) is 23.4 Å². The summed E-state index contributed by atoms with van der Waals surface area (Å²) in [5.74, 6) is -0.645. The number of aromatic nitrogens is 2. The van der Waals surface area contributed by atoms with Crippen LogP contribution in [-0.2, 0) is 11.8 Å². The molecule has 2 aromatic carbocycles. The van der Waals surface area contributed by atoms with Gasteiger partial charge in [0.05, 0.1) is 0 Å². The Morgan fingerprint density at radius 2 is 1.90 bits per heavy atom. The molecule has 0 radical (unpaired) electrons. The zero-order valence-electron chi connectivity index (χ0n) is 15.4. The van der Waals surface area contributed by atoms with Crippen molar-refractivity contribution in [1.29, 1.82) is 0 Å². The smallest absolute Gasteiger partial charge is 0.387 e. The van der Waals surface area contributed by atoms with E-state index in [9.17, 15) is 18.0 Å². The minimum absolute atomic E-state index is 0.0543. The van der Waals surface area contributed by atoms with Crippen molar-refractivity contribution in [3.8, 4) is 5.75 Å². The number of para-hydroxylation sites is 1. The fourth-order valence-electron chi connectivity index (χ4n) is 2.82. The van der Waals surface area contributed by atoms with E-state index in [1.54, 1.807) is 54.3 Å². The molecule has 0 saturated carbocycles. The van der Waals surface area contributed by atoms with Crippen LogP contribution in [0.1, 0.15) is 23.0 Å². The fourth-order valence-corrected chi connectivity index (χ4v) is 2.82. The maximum Gasteiger partial charge on any atom is 0.387 e. The lowest BCUT2D eigenvalue weighted by atomic mass is 10.1. The van der Waals surface area contributed by atoms with E-state index >= 15 is 0 Å². The van der Waals surface area contributed by atoms with Gasteiger partial charge in [-0.25, -0.2) is 9.37 Å². The Morgan fingerprint density at radius 1 is 1.17 bits per heavy atom. The molecule has 0 bridgehead atoms. The first-order valence-corrected chi connectivity index (χ1v) is 8.69. The summed E-state index contributed by atoms with van der Waals surface area (Å²) in [6, 6.07) is 11.3. The van der Waals surface area contributed by atoms with E-state index in [0.29, 0.717) is 11.4 Å². The third-order valence-corrected chi connectivity index (χ3v) is 4.17. The Bertz CT molecular complexity index is 1020. The van der Waals surface area contributed by atoms with Crippen LogP contribution in [0.25, 0.3) is 6.08 Å². The molecule has 1 aromatic heterocycles. The van der Waals surface area contributed by atoms with E-state index < -0.39 is 24.4 Å². The van der Waals surface area contributed by atoms with Crippen LogP contribution in [0.2, 0.25) is 0 Å². The highest BCUT2D eigenvalue weighted by Gasteiger charge is 2.22.